The van der Waals surface area contributed by atoms with E-state index in [-0.39, 0.29) is 35.8 Å². The molecule has 194 valence electrons. The van der Waals surface area contributed by atoms with Crippen molar-refractivity contribution in [3.8, 4) is 22.9 Å². The highest BCUT2D eigenvalue weighted by molar-refractivity contribution is 7.89. The Morgan fingerprint density at radius 3 is 2.68 bits per heavy atom. The third-order valence-electron chi connectivity index (χ3n) is 6.64. The van der Waals surface area contributed by atoms with E-state index in [1.807, 2.05) is 38.2 Å². The number of nitriles is 1. The molecule has 8 nitrogen and oxygen atoms in total. The summed E-state index contributed by atoms with van der Waals surface area (Å²) in [6.07, 6.45) is 1.44. The molecule has 1 aliphatic rings. The van der Waals surface area contributed by atoms with E-state index in [0.29, 0.717) is 18.7 Å². The van der Waals surface area contributed by atoms with Crippen LogP contribution in [0.4, 0.5) is 0 Å². The third-order valence-corrected chi connectivity index (χ3v) is 8.66. The van der Waals surface area contributed by atoms with Crippen LogP contribution in [-0.2, 0) is 16.6 Å². The van der Waals surface area contributed by atoms with Crippen molar-refractivity contribution in [3.63, 3.8) is 0 Å². The molecule has 0 bridgehead atoms. The van der Waals surface area contributed by atoms with Gasteiger partial charge in [-0.2, -0.15) is 9.57 Å². The first-order chi connectivity index (χ1) is 17.7. The SMILES string of the molecule is C[C@H](CO)N1C[C@H](C)[C@H](CN(C)Cc2ccccn2)Oc2cc(-c3cccc(C#N)c3)ccc2S1(=O)=O. The Morgan fingerprint density at radius 2 is 1.97 bits per heavy atom. The van der Waals surface area contributed by atoms with E-state index in [1.54, 1.807) is 49.5 Å². The summed E-state index contributed by atoms with van der Waals surface area (Å²) in [7, 11) is -1.94. The molecular formula is C28H32N4O4S. The van der Waals surface area contributed by atoms with Crippen molar-refractivity contribution in [2.45, 2.75) is 37.4 Å². The molecule has 0 spiro atoms. The summed E-state index contributed by atoms with van der Waals surface area (Å²) in [6.45, 7) is 4.78. The van der Waals surface area contributed by atoms with Crippen molar-refractivity contribution in [1.82, 2.24) is 14.2 Å². The summed E-state index contributed by atoms with van der Waals surface area (Å²) in [5, 5.41) is 19.2. The highest BCUT2D eigenvalue weighted by atomic mass is 32.2. The first-order valence-electron chi connectivity index (χ1n) is 12.3. The van der Waals surface area contributed by atoms with Crippen molar-refractivity contribution in [3.05, 3.63) is 78.1 Å². The van der Waals surface area contributed by atoms with E-state index < -0.39 is 16.1 Å². The van der Waals surface area contributed by atoms with Crippen LogP contribution in [0.15, 0.2) is 71.8 Å². The average Bonchev–Trinajstić information content (AvgIpc) is 2.90. The average molecular weight is 521 g/mol. The molecule has 0 saturated carbocycles. The normalized spacial score (nSPS) is 20.2. The molecule has 9 heteroatoms. The topological polar surface area (TPSA) is 107 Å². The molecule has 1 N–H and O–H groups in total. The lowest BCUT2D eigenvalue weighted by Crippen LogP contribution is -2.49. The molecular weight excluding hydrogens is 488 g/mol. The molecule has 0 radical (unpaired) electrons. The predicted molar refractivity (Wildman–Crippen MR) is 141 cm³/mol. The number of aromatic nitrogens is 1. The van der Waals surface area contributed by atoms with Crippen molar-refractivity contribution < 1.29 is 18.3 Å². The van der Waals surface area contributed by atoms with Crippen LogP contribution in [0.5, 0.6) is 5.75 Å². The Kier molecular flexibility index (Phi) is 8.25. The van der Waals surface area contributed by atoms with E-state index in [1.165, 1.54) is 4.31 Å². The fraction of sp³-hybridized carbons (Fsp3) is 0.357. The first kappa shape index (κ1) is 26.8. The lowest BCUT2D eigenvalue weighted by atomic mass is 10.0. The lowest BCUT2D eigenvalue weighted by molar-refractivity contribution is 0.0731. The maximum Gasteiger partial charge on any atom is 0.247 e. The second-order valence-corrected chi connectivity index (χ2v) is 11.5. The van der Waals surface area contributed by atoms with Gasteiger partial charge in [0.15, 0.2) is 0 Å². The zero-order valence-electron chi connectivity index (χ0n) is 21.3. The van der Waals surface area contributed by atoms with Gasteiger partial charge in [0, 0.05) is 37.8 Å². The fourth-order valence-corrected chi connectivity index (χ4v) is 6.36. The van der Waals surface area contributed by atoms with Crippen LogP contribution < -0.4 is 4.74 Å². The number of aliphatic hydroxyl groups excluding tert-OH is 1. The minimum Gasteiger partial charge on any atom is -0.487 e. The van der Waals surface area contributed by atoms with Gasteiger partial charge in [0.05, 0.1) is 23.9 Å². The molecule has 4 rings (SSSR count). The molecule has 1 aliphatic heterocycles. The van der Waals surface area contributed by atoms with Gasteiger partial charge in [-0.1, -0.05) is 31.2 Å². The lowest BCUT2D eigenvalue weighted by Gasteiger charge is -2.37. The van der Waals surface area contributed by atoms with Crippen molar-refractivity contribution >= 4 is 10.0 Å². The summed E-state index contributed by atoms with van der Waals surface area (Å²) < 4.78 is 35.3. The van der Waals surface area contributed by atoms with Crippen molar-refractivity contribution in [2.24, 2.45) is 5.92 Å². The molecule has 3 aromatic rings. The van der Waals surface area contributed by atoms with Crippen LogP contribution in [0.3, 0.4) is 0 Å². The number of benzene rings is 2. The van der Waals surface area contributed by atoms with Gasteiger partial charge in [0.25, 0.3) is 0 Å². The van der Waals surface area contributed by atoms with E-state index in [0.717, 1.165) is 16.8 Å². The van der Waals surface area contributed by atoms with Gasteiger partial charge in [-0.05, 0) is 61.5 Å². The number of nitrogens with zero attached hydrogens (tertiary/aromatic N) is 4. The van der Waals surface area contributed by atoms with Gasteiger partial charge < -0.3 is 9.84 Å². The van der Waals surface area contributed by atoms with Crippen molar-refractivity contribution in [2.75, 3.05) is 26.7 Å². The summed E-state index contributed by atoms with van der Waals surface area (Å²) >= 11 is 0. The Bertz CT molecular complexity index is 1370. The highest BCUT2D eigenvalue weighted by Gasteiger charge is 2.38. The van der Waals surface area contributed by atoms with Crippen LogP contribution in [0, 0.1) is 17.2 Å². The van der Waals surface area contributed by atoms with Crippen LogP contribution in [-0.4, -0.2) is 66.6 Å². The van der Waals surface area contributed by atoms with Gasteiger partial charge in [-0.25, -0.2) is 8.42 Å². The predicted octanol–water partition coefficient (Wildman–Crippen LogP) is 3.52. The van der Waals surface area contributed by atoms with E-state index in [9.17, 15) is 18.8 Å². The number of pyridine rings is 1. The number of sulfonamides is 1. The molecule has 37 heavy (non-hydrogen) atoms. The molecule has 3 atom stereocenters. The van der Waals surface area contributed by atoms with Crippen LogP contribution >= 0.6 is 0 Å². The minimum absolute atomic E-state index is 0.0669. The van der Waals surface area contributed by atoms with E-state index in [4.69, 9.17) is 4.74 Å². The van der Waals surface area contributed by atoms with Crippen LogP contribution in [0.1, 0.15) is 25.1 Å². The molecule has 0 aliphatic carbocycles. The quantitative estimate of drug-likeness (QED) is 0.508. The van der Waals surface area contributed by atoms with Gasteiger partial charge in [-0.3, -0.25) is 9.88 Å². The molecule has 0 fully saturated rings. The number of fused-ring (bicyclic) bond motifs is 1. The summed E-state index contributed by atoms with van der Waals surface area (Å²) in [4.78, 5) is 6.58. The smallest absolute Gasteiger partial charge is 0.247 e. The molecule has 0 saturated heterocycles. The zero-order chi connectivity index (χ0) is 26.6. The highest BCUT2D eigenvalue weighted by Crippen LogP contribution is 2.36. The molecule has 0 amide bonds. The summed E-state index contributed by atoms with van der Waals surface area (Å²) in [5.41, 5.74) is 2.99. The van der Waals surface area contributed by atoms with Gasteiger partial charge in [0.2, 0.25) is 10.0 Å². The number of aliphatic hydroxyl groups is 1. The standard InChI is InChI=1S/C28H32N4O4S/c1-20-16-32(21(2)19-33)37(34,35)28-11-10-24(23-8-6-7-22(13-23)15-29)14-26(28)36-27(20)18-31(3)17-25-9-4-5-12-30-25/h4-14,20-21,27,33H,16-19H2,1-3H3/t20-,21+,27-/m0/s1. The van der Waals surface area contributed by atoms with Gasteiger partial charge >= 0.3 is 0 Å². The van der Waals surface area contributed by atoms with Crippen LogP contribution in [0.2, 0.25) is 0 Å². The number of ether oxygens (including phenoxy) is 1. The monoisotopic (exact) mass is 520 g/mol. The molecule has 2 aromatic carbocycles. The fourth-order valence-electron chi connectivity index (χ4n) is 4.53. The minimum atomic E-state index is -3.93. The van der Waals surface area contributed by atoms with E-state index >= 15 is 0 Å². The van der Waals surface area contributed by atoms with Crippen molar-refractivity contribution in [1.29, 1.82) is 5.26 Å². The Hall–Kier alpha value is -3.29. The third kappa shape index (κ3) is 6.00. The van der Waals surface area contributed by atoms with Crippen LogP contribution in [0.25, 0.3) is 11.1 Å². The summed E-state index contributed by atoms with van der Waals surface area (Å²) in [6, 6.07) is 19.5. The molecule has 1 aromatic heterocycles. The largest absolute Gasteiger partial charge is 0.487 e. The maximum atomic E-state index is 13.7. The number of hydrogen-bond acceptors (Lipinski definition) is 7. The Morgan fingerprint density at radius 1 is 1.19 bits per heavy atom. The summed E-state index contributed by atoms with van der Waals surface area (Å²) in [5.74, 6) is 0.103. The molecule has 0 unspecified atom stereocenters. The number of hydrogen-bond donors (Lipinski definition) is 1. The second-order valence-electron chi connectivity index (χ2n) is 9.61. The first-order valence-corrected chi connectivity index (χ1v) is 13.7. The zero-order valence-corrected chi connectivity index (χ0v) is 22.1. The molecule has 2 heterocycles. The second kappa shape index (κ2) is 11.4. The number of likely N-dealkylation sites (N-methyl/N-ethyl adjacent to an activating group) is 1. The van der Waals surface area contributed by atoms with Gasteiger partial charge in [0.1, 0.15) is 16.7 Å². The van der Waals surface area contributed by atoms with Gasteiger partial charge in [-0.15, -0.1) is 0 Å². The Balaban J connectivity index is 1.74. The van der Waals surface area contributed by atoms with E-state index in [2.05, 4.69) is 16.0 Å². The Labute approximate surface area is 218 Å². The maximum absolute atomic E-state index is 13.7. The number of rotatable bonds is 7.